The van der Waals surface area contributed by atoms with Crippen LogP contribution in [0.15, 0.2) is 0 Å². The number of nitrogens with two attached hydrogens (primary N) is 1. The van der Waals surface area contributed by atoms with Gasteiger partial charge in [-0.2, -0.15) is 0 Å². The van der Waals surface area contributed by atoms with Crippen molar-refractivity contribution in [2.75, 3.05) is 13.2 Å². The van der Waals surface area contributed by atoms with Crippen LogP contribution in [0.5, 0.6) is 0 Å². The van der Waals surface area contributed by atoms with Crippen LogP contribution in [0.3, 0.4) is 0 Å². The summed E-state index contributed by atoms with van der Waals surface area (Å²) in [5, 5.41) is 19.5. The molecule has 0 saturated carbocycles. The largest absolute Gasteiger partial charge is 0.480 e. The Kier molecular flexibility index (Phi) is 15.5. The maximum absolute atomic E-state index is 11.4. The molecule has 31 heavy (non-hydrogen) atoms. The average Bonchev–Trinajstić information content (AvgIpc) is 2.62. The SMILES string of the molecule is CCOC(=O)CC[C@H](N)C(=O)O.CCOC(=O)CC[C@H](NC(=O)OC(C)(C)C)C(=O)O. The van der Waals surface area contributed by atoms with Gasteiger partial charge in [0.05, 0.1) is 13.2 Å². The summed E-state index contributed by atoms with van der Waals surface area (Å²) in [6, 6.07) is -2.16. The molecule has 12 heteroatoms. The van der Waals surface area contributed by atoms with Gasteiger partial charge in [-0.15, -0.1) is 0 Å². The number of alkyl carbamates (subject to hydrolysis) is 1. The van der Waals surface area contributed by atoms with Crippen molar-refractivity contribution in [2.45, 2.75) is 78.0 Å². The molecule has 0 rings (SSSR count). The fourth-order valence-corrected chi connectivity index (χ4v) is 1.83. The lowest BCUT2D eigenvalue weighted by molar-refractivity contribution is -0.145. The number of esters is 2. The first-order valence-electron chi connectivity index (χ1n) is 9.75. The van der Waals surface area contributed by atoms with Gasteiger partial charge in [0.1, 0.15) is 17.7 Å². The second-order valence-electron chi connectivity index (χ2n) is 7.17. The van der Waals surface area contributed by atoms with E-state index in [-0.39, 0.29) is 32.3 Å². The minimum atomic E-state index is -1.23. The number of ether oxygens (including phenoxy) is 3. The van der Waals surface area contributed by atoms with Gasteiger partial charge in [0.2, 0.25) is 0 Å². The van der Waals surface area contributed by atoms with Gasteiger partial charge in [0, 0.05) is 12.8 Å². The Balaban J connectivity index is 0. The molecule has 180 valence electrons. The summed E-state index contributed by atoms with van der Waals surface area (Å²) in [6.45, 7) is 8.89. The summed E-state index contributed by atoms with van der Waals surface area (Å²) in [5.74, 6) is -3.23. The lowest BCUT2D eigenvalue weighted by Crippen LogP contribution is -2.43. The lowest BCUT2D eigenvalue weighted by atomic mass is 10.1. The van der Waals surface area contributed by atoms with E-state index in [9.17, 15) is 24.0 Å². The molecule has 0 spiro atoms. The van der Waals surface area contributed by atoms with E-state index in [1.807, 2.05) is 0 Å². The quantitative estimate of drug-likeness (QED) is 0.260. The van der Waals surface area contributed by atoms with Crippen molar-refractivity contribution in [2.24, 2.45) is 5.73 Å². The van der Waals surface area contributed by atoms with E-state index >= 15 is 0 Å². The molecule has 1 amide bonds. The Labute approximate surface area is 181 Å². The monoisotopic (exact) mass is 450 g/mol. The molecule has 0 fully saturated rings. The summed E-state index contributed by atoms with van der Waals surface area (Å²) in [4.78, 5) is 54.4. The molecule has 0 heterocycles. The first-order chi connectivity index (χ1) is 14.2. The van der Waals surface area contributed by atoms with Gasteiger partial charge in [-0.25, -0.2) is 9.59 Å². The summed E-state index contributed by atoms with van der Waals surface area (Å²) in [6.07, 6.45) is -0.785. The number of carbonyl (C=O) groups is 5. The van der Waals surface area contributed by atoms with Gasteiger partial charge in [0.15, 0.2) is 0 Å². The Bertz CT molecular complexity index is 601. The molecule has 0 aromatic rings. The zero-order chi connectivity index (χ0) is 24.6. The fourth-order valence-electron chi connectivity index (χ4n) is 1.83. The Morgan fingerprint density at radius 3 is 1.68 bits per heavy atom. The van der Waals surface area contributed by atoms with Crippen molar-refractivity contribution in [1.82, 2.24) is 5.32 Å². The number of aliphatic carboxylic acids is 2. The van der Waals surface area contributed by atoms with Crippen LogP contribution in [0, 0.1) is 0 Å². The highest BCUT2D eigenvalue weighted by atomic mass is 16.6. The first kappa shape index (κ1) is 30.3. The fraction of sp³-hybridized carbons (Fsp3) is 0.737. The third kappa shape index (κ3) is 18.9. The minimum absolute atomic E-state index is 0.0482. The molecule has 0 aliphatic heterocycles. The molecule has 0 saturated heterocycles. The average molecular weight is 450 g/mol. The van der Waals surface area contributed by atoms with Gasteiger partial charge in [-0.3, -0.25) is 14.4 Å². The maximum atomic E-state index is 11.4. The Morgan fingerprint density at radius 2 is 1.32 bits per heavy atom. The number of hydrogen-bond donors (Lipinski definition) is 4. The first-order valence-corrected chi connectivity index (χ1v) is 9.75. The predicted octanol–water partition coefficient (Wildman–Crippen LogP) is 1.05. The Morgan fingerprint density at radius 1 is 0.871 bits per heavy atom. The normalized spacial score (nSPS) is 12.3. The molecular formula is C19H34N2O10. The van der Waals surface area contributed by atoms with Crippen LogP contribution in [0.25, 0.3) is 0 Å². The van der Waals surface area contributed by atoms with E-state index in [0.29, 0.717) is 6.61 Å². The zero-order valence-electron chi connectivity index (χ0n) is 18.6. The van der Waals surface area contributed by atoms with E-state index in [0.717, 1.165) is 0 Å². The second kappa shape index (κ2) is 15.9. The van der Waals surface area contributed by atoms with Gasteiger partial charge in [0.25, 0.3) is 0 Å². The van der Waals surface area contributed by atoms with Crippen molar-refractivity contribution in [3.05, 3.63) is 0 Å². The summed E-state index contributed by atoms with van der Waals surface area (Å²) in [7, 11) is 0. The number of amides is 1. The van der Waals surface area contributed by atoms with Crippen molar-refractivity contribution >= 4 is 30.0 Å². The van der Waals surface area contributed by atoms with Crippen LogP contribution >= 0.6 is 0 Å². The number of carbonyl (C=O) groups excluding carboxylic acids is 3. The molecule has 5 N–H and O–H groups in total. The van der Waals surface area contributed by atoms with Gasteiger partial charge >= 0.3 is 30.0 Å². The summed E-state index contributed by atoms with van der Waals surface area (Å²) in [5.41, 5.74) is 4.44. The van der Waals surface area contributed by atoms with E-state index in [1.165, 1.54) is 0 Å². The molecule has 2 atom stereocenters. The van der Waals surface area contributed by atoms with E-state index in [4.69, 9.17) is 20.7 Å². The highest BCUT2D eigenvalue weighted by Gasteiger charge is 2.24. The standard InChI is InChI=1S/C12H21NO6.C7H13NO4/c1-5-18-9(14)7-6-8(10(15)16)13-11(17)19-12(2,3)4;1-2-12-6(9)4-3-5(8)7(10)11/h8H,5-7H2,1-4H3,(H,13,17)(H,15,16);5H,2-4,8H2,1H3,(H,10,11)/t8-;5-/m00/s1. The summed E-state index contributed by atoms with van der Waals surface area (Å²) < 4.78 is 14.2. The number of rotatable bonds is 11. The van der Waals surface area contributed by atoms with Crippen molar-refractivity contribution < 1.29 is 48.4 Å². The molecule has 0 bridgehead atoms. The van der Waals surface area contributed by atoms with Crippen molar-refractivity contribution in [1.29, 1.82) is 0 Å². The molecule has 0 aromatic carbocycles. The lowest BCUT2D eigenvalue weighted by Gasteiger charge is -2.21. The second-order valence-corrected chi connectivity index (χ2v) is 7.17. The minimum Gasteiger partial charge on any atom is -0.480 e. The van der Waals surface area contributed by atoms with Gasteiger partial charge in [-0.1, -0.05) is 0 Å². The zero-order valence-corrected chi connectivity index (χ0v) is 18.6. The smallest absolute Gasteiger partial charge is 0.408 e. The van der Waals surface area contributed by atoms with E-state index in [1.54, 1.807) is 34.6 Å². The molecule has 0 aliphatic rings. The van der Waals surface area contributed by atoms with Gasteiger partial charge < -0.3 is 35.5 Å². The third-order valence-electron chi connectivity index (χ3n) is 3.21. The maximum Gasteiger partial charge on any atom is 0.408 e. The van der Waals surface area contributed by atoms with Crippen LogP contribution in [0.2, 0.25) is 0 Å². The van der Waals surface area contributed by atoms with Crippen molar-refractivity contribution in [3.8, 4) is 0 Å². The topological polar surface area (TPSA) is 192 Å². The molecule has 12 nitrogen and oxygen atoms in total. The van der Waals surface area contributed by atoms with E-state index < -0.39 is 47.7 Å². The molecule has 0 radical (unpaired) electrons. The van der Waals surface area contributed by atoms with Crippen molar-refractivity contribution in [3.63, 3.8) is 0 Å². The number of hydrogen-bond acceptors (Lipinski definition) is 9. The molecular weight excluding hydrogens is 416 g/mol. The highest BCUT2D eigenvalue weighted by Crippen LogP contribution is 2.08. The number of carboxylic acid groups (broad SMARTS) is 2. The van der Waals surface area contributed by atoms with Crippen LogP contribution in [-0.4, -0.2) is 71.1 Å². The van der Waals surface area contributed by atoms with E-state index in [2.05, 4.69) is 14.8 Å². The molecule has 0 unspecified atom stereocenters. The van der Waals surface area contributed by atoms with Crippen LogP contribution in [-0.2, 0) is 33.4 Å². The number of carboxylic acids is 2. The summed E-state index contributed by atoms with van der Waals surface area (Å²) >= 11 is 0. The van der Waals surface area contributed by atoms with Crippen LogP contribution < -0.4 is 11.1 Å². The van der Waals surface area contributed by atoms with Crippen LogP contribution in [0.4, 0.5) is 4.79 Å². The third-order valence-corrected chi connectivity index (χ3v) is 3.21. The molecule has 0 aromatic heterocycles. The highest BCUT2D eigenvalue weighted by molar-refractivity contribution is 5.81. The van der Waals surface area contributed by atoms with Crippen LogP contribution in [0.1, 0.15) is 60.3 Å². The molecule has 0 aliphatic carbocycles. The van der Waals surface area contributed by atoms with Gasteiger partial charge in [-0.05, 0) is 47.5 Å². The number of nitrogens with one attached hydrogen (secondary N) is 1. The predicted molar refractivity (Wildman–Crippen MR) is 108 cm³/mol. The Hall–Kier alpha value is -2.89.